The van der Waals surface area contributed by atoms with Crippen LogP contribution in [0.2, 0.25) is 0 Å². The van der Waals surface area contributed by atoms with Crippen molar-refractivity contribution in [1.82, 2.24) is 10.2 Å². The van der Waals surface area contributed by atoms with Crippen LogP contribution < -0.4 is 9.62 Å². The minimum absolute atomic E-state index is 0.0213. The molecule has 0 aromatic heterocycles. The summed E-state index contributed by atoms with van der Waals surface area (Å²) in [5, 5.41) is 2.96. The van der Waals surface area contributed by atoms with Gasteiger partial charge in [-0.1, -0.05) is 72.3 Å². The van der Waals surface area contributed by atoms with Crippen molar-refractivity contribution in [1.29, 1.82) is 0 Å². The molecule has 0 spiro atoms. The predicted octanol–water partition coefficient (Wildman–Crippen LogP) is 4.85. The normalized spacial score (nSPS) is 12.2. The van der Waals surface area contributed by atoms with Crippen molar-refractivity contribution in [3.63, 3.8) is 0 Å². The highest BCUT2D eigenvalue weighted by Crippen LogP contribution is 2.23. The van der Waals surface area contributed by atoms with Crippen molar-refractivity contribution < 1.29 is 22.4 Å². The Balaban J connectivity index is 1.89. The standard InChI is InChI=1S/C31H38FN3O4S/c1-23(2)33-31(37)29(21-25-13-6-5-7-14-25)34(22-26-15-10-12-24(3)20-26)30(36)18-11-19-35(40(4,38)39)28-17-9-8-16-27(28)32/h5-10,12-17,20,23,29H,11,18-19,21-22H2,1-4H3,(H,33,37). The molecular weight excluding hydrogens is 529 g/mol. The molecule has 40 heavy (non-hydrogen) atoms. The van der Waals surface area contributed by atoms with Crippen LogP contribution in [0.5, 0.6) is 0 Å². The Morgan fingerprint density at radius 1 is 0.925 bits per heavy atom. The van der Waals surface area contributed by atoms with Crippen LogP contribution in [-0.4, -0.2) is 50.0 Å². The number of nitrogens with zero attached hydrogens (tertiary/aromatic N) is 2. The second-order valence-corrected chi connectivity index (χ2v) is 12.2. The molecule has 0 saturated carbocycles. The first kappa shape index (κ1) is 30.8. The van der Waals surface area contributed by atoms with Gasteiger partial charge in [0.1, 0.15) is 11.9 Å². The van der Waals surface area contributed by atoms with Crippen LogP contribution in [0, 0.1) is 12.7 Å². The van der Waals surface area contributed by atoms with Crippen LogP contribution in [0.3, 0.4) is 0 Å². The van der Waals surface area contributed by atoms with Crippen molar-refractivity contribution >= 4 is 27.5 Å². The zero-order valence-corrected chi connectivity index (χ0v) is 24.3. The Kier molecular flexibility index (Phi) is 10.8. The number of aryl methyl sites for hydroxylation is 1. The molecule has 7 nitrogen and oxygen atoms in total. The maximum absolute atomic E-state index is 14.4. The van der Waals surface area contributed by atoms with Crippen LogP contribution in [0.4, 0.5) is 10.1 Å². The summed E-state index contributed by atoms with van der Waals surface area (Å²) in [6.45, 7) is 5.84. The predicted molar refractivity (Wildman–Crippen MR) is 157 cm³/mol. The lowest BCUT2D eigenvalue weighted by atomic mass is 10.0. The highest BCUT2D eigenvalue weighted by atomic mass is 32.2. The van der Waals surface area contributed by atoms with E-state index in [0.717, 1.165) is 27.3 Å². The molecule has 0 radical (unpaired) electrons. The summed E-state index contributed by atoms with van der Waals surface area (Å²) in [7, 11) is -3.79. The largest absolute Gasteiger partial charge is 0.352 e. The number of rotatable bonds is 13. The lowest BCUT2D eigenvalue weighted by Crippen LogP contribution is -2.51. The van der Waals surface area contributed by atoms with E-state index >= 15 is 0 Å². The quantitative estimate of drug-likeness (QED) is 0.320. The van der Waals surface area contributed by atoms with Gasteiger partial charge in [-0.25, -0.2) is 12.8 Å². The van der Waals surface area contributed by atoms with Crippen LogP contribution in [0.15, 0.2) is 78.9 Å². The molecule has 1 atom stereocenters. The summed E-state index contributed by atoms with van der Waals surface area (Å²) in [6.07, 6.45) is 1.46. The van der Waals surface area contributed by atoms with Crippen molar-refractivity contribution in [3.8, 4) is 0 Å². The molecule has 0 heterocycles. The second-order valence-electron chi connectivity index (χ2n) is 10.3. The van der Waals surface area contributed by atoms with Gasteiger partial charge in [0.25, 0.3) is 0 Å². The molecule has 1 N–H and O–H groups in total. The van der Waals surface area contributed by atoms with E-state index in [9.17, 15) is 22.4 Å². The molecule has 0 aliphatic heterocycles. The molecule has 3 rings (SSSR count). The molecule has 0 saturated heterocycles. The number of sulfonamides is 1. The third kappa shape index (κ3) is 8.91. The van der Waals surface area contributed by atoms with E-state index in [0.29, 0.717) is 6.42 Å². The zero-order chi connectivity index (χ0) is 29.3. The van der Waals surface area contributed by atoms with E-state index in [4.69, 9.17) is 0 Å². The first-order valence-corrected chi connectivity index (χ1v) is 15.2. The number of halogens is 1. The first-order valence-electron chi connectivity index (χ1n) is 13.4. The molecule has 1 unspecified atom stereocenters. The lowest BCUT2D eigenvalue weighted by Gasteiger charge is -2.32. The molecule has 3 aromatic carbocycles. The highest BCUT2D eigenvalue weighted by Gasteiger charge is 2.31. The topological polar surface area (TPSA) is 86.8 Å². The van der Waals surface area contributed by atoms with Gasteiger partial charge in [-0.05, 0) is 50.5 Å². The summed E-state index contributed by atoms with van der Waals surface area (Å²) >= 11 is 0. The zero-order valence-electron chi connectivity index (χ0n) is 23.5. The monoisotopic (exact) mass is 567 g/mol. The minimum Gasteiger partial charge on any atom is -0.352 e. The first-order chi connectivity index (χ1) is 19.0. The molecule has 0 bridgehead atoms. The Hall–Kier alpha value is -3.72. The number of amides is 2. The van der Waals surface area contributed by atoms with E-state index in [-0.39, 0.29) is 49.5 Å². The molecule has 9 heteroatoms. The van der Waals surface area contributed by atoms with Crippen molar-refractivity contribution in [2.45, 2.75) is 58.7 Å². The fourth-order valence-corrected chi connectivity index (χ4v) is 5.54. The number of anilines is 1. The maximum atomic E-state index is 14.4. The van der Waals surface area contributed by atoms with Crippen molar-refractivity contribution in [2.24, 2.45) is 0 Å². The fraction of sp³-hybridized carbons (Fsp3) is 0.355. The molecule has 3 aromatic rings. The third-order valence-electron chi connectivity index (χ3n) is 6.41. The third-order valence-corrected chi connectivity index (χ3v) is 7.59. The summed E-state index contributed by atoms with van der Waals surface area (Å²) in [5.41, 5.74) is 2.77. The van der Waals surface area contributed by atoms with Gasteiger partial charge in [0.2, 0.25) is 21.8 Å². The molecule has 0 fully saturated rings. The number of hydrogen-bond acceptors (Lipinski definition) is 4. The van der Waals surface area contributed by atoms with Gasteiger partial charge in [0, 0.05) is 32.0 Å². The van der Waals surface area contributed by atoms with Gasteiger partial charge in [0.05, 0.1) is 11.9 Å². The van der Waals surface area contributed by atoms with Crippen LogP contribution in [0.25, 0.3) is 0 Å². The van der Waals surface area contributed by atoms with Gasteiger partial charge < -0.3 is 10.2 Å². The minimum atomic E-state index is -3.79. The Labute approximate surface area is 237 Å². The van der Waals surface area contributed by atoms with Gasteiger partial charge in [-0.15, -0.1) is 0 Å². The highest BCUT2D eigenvalue weighted by molar-refractivity contribution is 7.92. The Bertz CT molecular complexity index is 1400. The van der Waals surface area contributed by atoms with E-state index in [1.165, 1.54) is 18.2 Å². The van der Waals surface area contributed by atoms with Crippen LogP contribution >= 0.6 is 0 Å². The number of carbonyl (C=O) groups excluding carboxylic acids is 2. The van der Waals surface area contributed by atoms with E-state index in [1.54, 1.807) is 11.0 Å². The smallest absolute Gasteiger partial charge is 0.243 e. The molecule has 0 aliphatic carbocycles. The molecular formula is C31H38FN3O4S. The molecule has 0 aliphatic rings. The molecule has 2 amide bonds. The van der Waals surface area contributed by atoms with E-state index in [2.05, 4.69) is 5.32 Å². The maximum Gasteiger partial charge on any atom is 0.243 e. The lowest BCUT2D eigenvalue weighted by molar-refractivity contribution is -0.141. The SMILES string of the molecule is Cc1cccc(CN(C(=O)CCCN(c2ccccc2F)S(C)(=O)=O)C(Cc2ccccc2)C(=O)NC(C)C)c1. The van der Waals surface area contributed by atoms with Crippen molar-refractivity contribution in [2.75, 3.05) is 17.1 Å². The Morgan fingerprint density at radius 2 is 1.57 bits per heavy atom. The van der Waals surface area contributed by atoms with Gasteiger partial charge in [0.15, 0.2) is 0 Å². The number of nitrogens with one attached hydrogen (secondary N) is 1. The number of para-hydroxylation sites is 1. The second kappa shape index (κ2) is 14.1. The average molecular weight is 568 g/mol. The fourth-order valence-electron chi connectivity index (χ4n) is 4.58. The van der Waals surface area contributed by atoms with Gasteiger partial charge in [-0.3, -0.25) is 13.9 Å². The summed E-state index contributed by atoms with van der Waals surface area (Å²) in [6, 6.07) is 22.0. The van der Waals surface area contributed by atoms with E-state index in [1.807, 2.05) is 75.4 Å². The summed E-state index contributed by atoms with van der Waals surface area (Å²) in [4.78, 5) is 28.8. The Morgan fingerprint density at radius 3 is 2.20 bits per heavy atom. The average Bonchev–Trinajstić information content (AvgIpc) is 2.88. The van der Waals surface area contributed by atoms with Gasteiger partial charge >= 0.3 is 0 Å². The summed E-state index contributed by atoms with van der Waals surface area (Å²) in [5.74, 6) is -1.21. The molecule has 214 valence electrons. The summed E-state index contributed by atoms with van der Waals surface area (Å²) < 4.78 is 40.4. The van der Waals surface area contributed by atoms with Gasteiger partial charge in [-0.2, -0.15) is 0 Å². The number of carbonyl (C=O) groups is 2. The van der Waals surface area contributed by atoms with E-state index < -0.39 is 21.9 Å². The number of benzene rings is 3. The van der Waals surface area contributed by atoms with Crippen LogP contribution in [-0.2, 0) is 32.6 Å². The van der Waals surface area contributed by atoms with Crippen LogP contribution in [0.1, 0.15) is 43.4 Å². The van der Waals surface area contributed by atoms with Crippen molar-refractivity contribution in [3.05, 3.63) is 101 Å². The number of hydrogen-bond donors (Lipinski definition) is 1.